The van der Waals surface area contributed by atoms with Crippen LogP contribution in [0.3, 0.4) is 0 Å². The van der Waals surface area contributed by atoms with E-state index >= 15 is 0 Å². The number of rotatable bonds is 3. The second kappa shape index (κ2) is 4.70. The maximum Gasteiger partial charge on any atom is 0.361 e. The Morgan fingerprint density at radius 1 is 1.53 bits per heavy atom. The SMILES string of the molecule is CCOC(=O)c1nnc2cc(OC)cn(Br)c1-2. The molecule has 0 aromatic heterocycles. The summed E-state index contributed by atoms with van der Waals surface area (Å²) in [7, 11) is 1.55. The van der Waals surface area contributed by atoms with Gasteiger partial charge in [0.15, 0.2) is 5.69 Å². The zero-order valence-corrected chi connectivity index (χ0v) is 10.9. The zero-order valence-electron chi connectivity index (χ0n) is 9.31. The molecule has 0 spiro atoms. The lowest BCUT2D eigenvalue weighted by Gasteiger charge is -2.08. The van der Waals surface area contributed by atoms with Crippen molar-refractivity contribution in [2.45, 2.75) is 6.92 Å². The van der Waals surface area contributed by atoms with Crippen molar-refractivity contribution in [3.05, 3.63) is 18.0 Å². The highest BCUT2D eigenvalue weighted by molar-refractivity contribution is 9.08. The van der Waals surface area contributed by atoms with E-state index in [9.17, 15) is 4.79 Å². The minimum absolute atomic E-state index is 0.182. The van der Waals surface area contributed by atoms with Gasteiger partial charge in [0, 0.05) is 6.07 Å². The Morgan fingerprint density at radius 2 is 2.29 bits per heavy atom. The number of ether oxygens (including phenoxy) is 2. The van der Waals surface area contributed by atoms with Gasteiger partial charge in [-0.05, 0) is 6.92 Å². The molecule has 0 aromatic carbocycles. The van der Waals surface area contributed by atoms with Crippen molar-refractivity contribution >= 4 is 22.1 Å². The molecule has 0 saturated heterocycles. The monoisotopic (exact) mass is 299 g/mol. The number of nitrogens with zero attached hydrogens (tertiary/aromatic N) is 3. The number of esters is 1. The van der Waals surface area contributed by atoms with Crippen LogP contribution in [0.2, 0.25) is 0 Å². The Kier molecular flexibility index (Phi) is 3.28. The highest BCUT2D eigenvalue weighted by Gasteiger charge is 2.24. The highest BCUT2D eigenvalue weighted by Crippen LogP contribution is 2.29. The van der Waals surface area contributed by atoms with Crippen molar-refractivity contribution in [2.75, 3.05) is 13.7 Å². The third-order valence-electron chi connectivity index (χ3n) is 2.16. The molecule has 0 radical (unpaired) electrons. The lowest BCUT2D eigenvalue weighted by Crippen LogP contribution is -2.08. The summed E-state index contributed by atoms with van der Waals surface area (Å²) in [6.07, 6.45) is 1.68. The van der Waals surface area contributed by atoms with Crippen LogP contribution < -0.4 is 4.74 Å². The van der Waals surface area contributed by atoms with E-state index in [-0.39, 0.29) is 5.69 Å². The number of fused-ring (bicyclic) bond motifs is 1. The molecule has 2 aliphatic rings. The van der Waals surface area contributed by atoms with Crippen LogP contribution in [0.1, 0.15) is 17.4 Å². The van der Waals surface area contributed by atoms with Crippen LogP contribution in [0, 0.1) is 0 Å². The summed E-state index contributed by atoms with van der Waals surface area (Å²) in [4.78, 5) is 11.6. The molecule has 0 aromatic rings. The smallest absolute Gasteiger partial charge is 0.361 e. The van der Waals surface area contributed by atoms with Crippen molar-refractivity contribution in [3.8, 4) is 17.1 Å². The van der Waals surface area contributed by atoms with Gasteiger partial charge >= 0.3 is 5.97 Å². The summed E-state index contributed by atoms with van der Waals surface area (Å²) >= 11 is 3.29. The molecule has 2 rings (SSSR count). The summed E-state index contributed by atoms with van der Waals surface area (Å²) in [5.41, 5.74) is 1.30. The number of hydrogen-bond donors (Lipinski definition) is 0. The third kappa shape index (κ3) is 2.10. The molecule has 2 heterocycles. The van der Waals surface area contributed by atoms with Crippen LogP contribution in [0.4, 0.5) is 0 Å². The Bertz CT molecular complexity index is 526. The van der Waals surface area contributed by atoms with Crippen molar-refractivity contribution in [1.82, 2.24) is 13.8 Å². The molecule has 0 saturated carbocycles. The number of methoxy groups -OCH3 is 1. The first-order chi connectivity index (χ1) is 8.17. The molecule has 0 atom stereocenters. The van der Waals surface area contributed by atoms with Gasteiger partial charge in [0.25, 0.3) is 0 Å². The lowest BCUT2D eigenvalue weighted by molar-refractivity contribution is 0.0520. The molecule has 0 amide bonds. The van der Waals surface area contributed by atoms with E-state index < -0.39 is 5.97 Å². The van der Waals surface area contributed by atoms with E-state index in [1.54, 1.807) is 29.9 Å². The molecular weight excluding hydrogens is 290 g/mol. The van der Waals surface area contributed by atoms with E-state index in [1.807, 2.05) is 0 Å². The fourth-order valence-corrected chi connectivity index (χ4v) is 1.98. The van der Waals surface area contributed by atoms with Gasteiger partial charge in [-0.15, -0.1) is 10.2 Å². The van der Waals surface area contributed by atoms with Crippen LogP contribution in [0.5, 0.6) is 5.75 Å². The van der Waals surface area contributed by atoms with Gasteiger partial charge < -0.3 is 9.47 Å². The van der Waals surface area contributed by atoms with E-state index in [0.717, 1.165) is 0 Å². The van der Waals surface area contributed by atoms with Crippen molar-refractivity contribution in [1.29, 1.82) is 0 Å². The fourth-order valence-electron chi connectivity index (χ4n) is 1.42. The Balaban J connectivity index is 2.51. The summed E-state index contributed by atoms with van der Waals surface area (Å²) in [5, 5.41) is 7.73. The van der Waals surface area contributed by atoms with Gasteiger partial charge in [-0.1, -0.05) is 0 Å². The minimum Gasteiger partial charge on any atom is -0.495 e. The van der Waals surface area contributed by atoms with Gasteiger partial charge in [0.05, 0.1) is 36.1 Å². The van der Waals surface area contributed by atoms with Crippen LogP contribution >= 0.6 is 16.1 Å². The largest absolute Gasteiger partial charge is 0.495 e. The van der Waals surface area contributed by atoms with Gasteiger partial charge in [-0.3, -0.25) is 3.59 Å². The second-order valence-corrected chi connectivity index (χ2v) is 3.96. The molecule has 6 nitrogen and oxygen atoms in total. The Labute approximate surface area is 106 Å². The molecule has 0 fully saturated rings. The van der Waals surface area contributed by atoms with Crippen LogP contribution in [-0.2, 0) is 4.74 Å². The zero-order chi connectivity index (χ0) is 12.4. The molecule has 0 N–H and O–H groups in total. The predicted octanol–water partition coefficient (Wildman–Crippen LogP) is 1.73. The lowest BCUT2D eigenvalue weighted by atomic mass is 10.2. The maximum absolute atomic E-state index is 11.6. The molecule has 0 unspecified atom stereocenters. The standard InChI is InChI=1S/C10H10BrN3O3/c1-3-17-10(15)8-9-7(12-13-8)4-6(16-2)5-14(9)11/h4-5H,3H2,1-2H3. The van der Waals surface area contributed by atoms with Crippen LogP contribution in [0.15, 0.2) is 12.3 Å². The molecular formula is C10H10BrN3O3. The average Bonchev–Trinajstić information content (AvgIpc) is 2.73. The number of aromatic nitrogens is 3. The number of halogens is 1. The number of carbonyl (C=O) groups excluding carboxylic acids is 1. The number of carbonyl (C=O) groups is 1. The maximum atomic E-state index is 11.6. The van der Waals surface area contributed by atoms with Gasteiger partial charge in [0.2, 0.25) is 0 Å². The quantitative estimate of drug-likeness (QED) is 0.808. The fraction of sp³-hybridized carbons (Fsp3) is 0.300. The van der Waals surface area contributed by atoms with Crippen molar-refractivity contribution in [3.63, 3.8) is 0 Å². The molecule has 0 bridgehead atoms. The van der Waals surface area contributed by atoms with Crippen molar-refractivity contribution in [2.24, 2.45) is 0 Å². The first kappa shape index (κ1) is 11.8. The summed E-state index contributed by atoms with van der Waals surface area (Å²) in [6, 6.07) is 1.70. The minimum atomic E-state index is -0.492. The number of hydrogen-bond acceptors (Lipinski definition) is 5. The van der Waals surface area contributed by atoms with E-state index in [1.165, 1.54) is 0 Å². The first-order valence-electron chi connectivity index (χ1n) is 4.93. The molecule has 7 heteroatoms. The van der Waals surface area contributed by atoms with E-state index in [0.29, 0.717) is 23.7 Å². The predicted molar refractivity (Wildman–Crippen MR) is 63.5 cm³/mol. The highest BCUT2D eigenvalue weighted by atomic mass is 79.9. The molecule has 17 heavy (non-hydrogen) atoms. The van der Waals surface area contributed by atoms with E-state index in [4.69, 9.17) is 9.47 Å². The van der Waals surface area contributed by atoms with Crippen LogP contribution in [-0.4, -0.2) is 33.5 Å². The summed E-state index contributed by atoms with van der Waals surface area (Å²) in [6.45, 7) is 2.04. The topological polar surface area (TPSA) is 66.2 Å². The first-order valence-corrected chi connectivity index (χ1v) is 5.64. The molecule has 0 aliphatic carbocycles. The molecule has 2 aliphatic heterocycles. The Morgan fingerprint density at radius 3 is 2.94 bits per heavy atom. The van der Waals surface area contributed by atoms with Gasteiger partial charge in [-0.2, -0.15) is 0 Å². The van der Waals surface area contributed by atoms with Crippen molar-refractivity contribution < 1.29 is 14.3 Å². The average molecular weight is 300 g/mol. The number of pyridine rings is 1. The summed E-state index contributed by atoms with van der Waals surface area (Å²) in [5.74, 6) is 0.123. The van der Waals surface area contributed by atoms with Gasteiger partial charge in [0.1, 0.15) is 17.1 Å². The third-order valence-corrected chi connectivity index (χ3v) is 2.72. The second-order valence-electron chi connectivity index (χ2n) is 3.19. The Hall–Kier alpha value is -1.63. The summed E-state index contributed by atoms with van der Waals surface area (Å²) < 4.78 is 11.5. The molecule has 90 valence electrons. The van der Waals surface area contributed by atoms with Crippen LogP contribution in [0.25, 0.3) is 11.4 Å². The normalized spacial score (nSPS) is 10.5. The van der Waals surface area contributed by atoms with Gasteiger partial charge in [-0.25, -0.2) is 4.79 Å². The van der Waals surface area contributed by atoms with E-state index in [2.05, 4.69) is 26.3 Å².